The number of Topliss-reactive ketones (excluding diaryl/α,β-unsaturated/α-hetero) is 1. The number of hydrogen-bond donors (Lipinski definition) is 0. The molecule has 0 fully saturated rings. The van der Waals surface area contributed by atoms with Crippen LogP contribution in [0.1, 0.15) is 12.7 Å². The van der Waals surface area contributed by atoms with Gasteiger partial charge in [0.1, 0.15) is 5.82 Å². The molecule has 0 saturated carbocycles. The predicted molar refractivity (Wildman–Crippen MR) is 81.5 cm³/mol. The first-order chi connectivity index (χ1) is 9.20. The van der Waals surface area contributed by atoms with Crippen LogP contribution < -0.4 is 0 Å². The van der Waals surface area contributed by atoms with E-state index in [4.69, 9.17) is 0 Å². The molecular weight excluding hydrogens is 324 g/mol. The Morgan fingerprint density at radius 2 is 2.21 bits per heavy atom. The molecule has 0 aliphatic carbocycles. The molecule has 1 aromatic heterocycles. The van der Waals surface area contributed by atoms with Gasteiger partial charge in [-0.1, -0.05) is 12.1 Å². The minimum Gasteiger partial charge on any atom is -0.335 e. The van der Waals surface area contributed by atoms with Crippen molar-refractivity contribution in [2.45, 2.75) is 24.8 Å². The second-order valence-electron chi connectivity index (χ2n) is 4.06. The predicted octanol–water partition coefficient (Wildman–Crippen LogP) is 3.57. The molecule has 3 nitrogen and oxygen atoms in total. The Kier molecular flexibility index (Phi) is 5.22. The molecule has 0 aliphatic rings. The van der Waals surface area contributed by atoms with E-state index in [1.54, 1.807) is 18.0 Å². The number of carbonyl (C=O) groups excluding carboxylic acids is 1. The average molecular weight is 339 g/mol. The zero-order valence-corrected chi connectivity index (χ0v) is 13.1. The first kappa shape index (κ1) is 14.3. The van der Waals surface area contributed by atoms with Crippen molar-refractivity contribution in [1.29, 1.82) is 0 Å². The van der Waals surface area contributed by atoms with Gasteiger partial charge in [-0.3, -0.25) is 4.79 Å². The normalized spacial score (nSPS) is 10.6. The maximum Gasteiger partial charge on any atom is 0.150 e. The summed E-state index contributed by atoms with van der Waals surface area (Å²) in [6, 6.07) is 7.93. The lowest BCUT2D eigenvalue weighted by molar-refractivity contribution is -0.116. The fraction of sp³-hybridized carbons (Fsp3) is 0.286. The third kappa shape index (κ3) is 3.94. The van der Waals surface area contributed by atoms with Crippen molar-refractivity contribution in [2.75, 3.05) is 5.75 Å². The summed E-state index contributed by atoms with van der Waals surface area (Å²) in [5.41, 5.74) is 0. The van der Waals surface area contributed by atoms with E-state index in [1.807, 2.05) is 42.0 Å². The van der Waals surface area contributed by atoms with Crippen molar-refractivity contribution in [1.82, 2.24) is 9.55 Å². The second-order valence-corrected chi connectivity index (χ2v) is 5.94. The monoisotopic (exact) mass is 338 g/mol. The standard InChI is InChI=1S/C14H15BrN2OS/c1-2-17-8-7-16-14(17)9-11(18)10-19-13-6-4-3-5-12(13)15/h3-8H,2,9-10H2,1H3. The third-order valence-electron chi connectivity index (χ3n) is 2.72. The molecule has 1 aromatic carbocycles. The molecular formula is C14H15BrN2OS. The summed E-state index contributed by atoms with van der Waals surface area (Å²) in [5.74, 6) is 1.51. The molecule has 0 bridgehead atoms. The van der Waals surface area contributed by atoms with Crippen LogP contribution in [0.25, 0.3) is 0 Å². The molecule has 0 saturated heterocycles. The largest absolute Gasteiger partial charge is 0.335 e. The number of thioether (sulfide) groups is 1. The van der Waals surface area contributed by atoms with Crippen molar-refractivity contribution >= 4 is 33.5 Å². The number of nitrogens with zero attached hydrogens (tertiary/aromatic N) is 2. The molecule has 19 heavy (non-hydrogen) atoms. The van der Waals surface area contributed by atoms with Crippen molar-refractivity contribution in [2.24, 2.45) is 0 Å². The highest BCUT2D eigenvalue weighted by molar-refractivity contribution is 9.10. The number of imidazole rings is 1. The summed E-state index contributed by atoms with van der Waals surface area (Å²) in [6.45, 7) is 2.89. The van der Waals surface area contributed by atoms with Gasteiger partial charge in [0, 0.05) is 28.3 Å². The summed E-state index contributed by atoms with van der Waals surface area (Å²) in [7, 11) is 0. The van der Waals surface area contributed by atoms with Crippen molar-refractivity contribution in [3.8, 4) is 0 Å². The lowest BCUT2D eigenvalue weighted by Crippen LogP contribution is -2.11. The molecule has 5 heteroatoms. The SMILES string of the molecule is CCn1ccnc1CC(=O)CSc1ccccc1Br. The average Bonchev–Trinajstić information content (AvgIpc) is 2.85. The van der Waals surface area contributed by atoms with E-state index in [2.05, 4.69) is 20.9 Å². The number of ketones is 1. The lowest BCUT2D eigenvalue weighted by atomic mass is 10.3. The number of benzene rings is 1. The second kappa shape index (κ2) is 6.91. The molecule has 2 rings (SSSR count). The zero-order chi connectivity index (χ0) is 13.7. The van der Waals surface area contributed by atoms with Gasteiger partial charge in [-0.05, 0) is 35.0 Å². The van der Waals surface area contributed by atoms with E-state index in [-0.39, 0.29) is 5.78 Å². The highest BCUT2D eigenvalue weighted by atomic mass is 79.9. The zero-order valence-electron chi connectivity index (χ0n) is 10.7. The van der Waals surface area contributed by atoms with E-state index in [0.717, 1.165) is 21.7 Å². The van der Waals surface area contributed by atoms with Crippen LogP contribution in [0.5, 0.6) is 0 Å². The fourth-order valence-corrected chi connectivity index (χ4v) is 3.17. The van der Waals surface area contributed by atoms with Gasteiger partial charge >= 0.3 is 0 Å². The Hall–Kier alpha value is -1.07. The van der Waals surface area contributed by atoms with Gasteiger partial charge in [0.15, 0.2) is 5.78 Å². The van der Waals surface area contributed by atoms with Gasteiger partial charge in [-0.25, -0.2) is 4.98 Å². The Bertz CT molecular complexity index is 568. The van der Waals surface area contributed by atoms with E-state index in [1.165, 1.54) is 0 Å². The molecule has 1 heterocycles. The summed E-state index contributed by atoms with van der Waals surface area (Å²) < 4.78 is 3.03. The van der Waals surface area contributed by atoms with Crippen LogP contribution in [0, 0.1) is 0 Å². The molecule has 0 radical (unpaired) electrons. The quantitative estimate of drug-likeness (QED) is 0.755. The van der Waals surface area contributed by atoms with Gasteiger partial charge in [-0.15, -0.1) is 11.8 Å². The van der Waals surface area contributed by atoms with Crippen molar-refractivity contribution in [3.05, 3.63) is 47.0 Å². The minimum absolute atomic E-state index is 0.196. The maximum atomic E-state index is 12.0. The van der Waals surface area contributed by atoms with Crippen molar-refractivity contribution in [3.63, 3.8) is 0 Å². The van der Waals surface area contributed by atoms with Gasteiger partial charge in [0.05, 0.1) is 12.2 Å². The lowest BCUT2D eigenvalue weighted by Gasteiger charge is -2.05. The summed E-state index contributed by atoms with van der Waals surface area (Å²) in [6.07, 6.45) is 4.05. The van der Waals surface area contributed by atoms with E-state index in [0.29, 0.717) is 12.2 Å². The Morgan fingerprint density at radius 3 is 2.95 bits per heavy atom. The molecule has 0 unspecified atom stereocenters. The highest BCUT2D eigenvalue weighted by Gasteiger charge is 2.10. The van der Waals surface area contributed by atoms with E-state index < -0.39 is 0 Å². The number of halogens is 1. The van der Waals surface area contributed by atoms with Crippen LogP contribution in [0.4, 0.5) is 0 Å². The molecule has 0 atom stereocenters. The Morgan fingerprint density at radius 1 is 1.42 bits per heavy atom. The molecule has 0 N–H and O–H groups in total. The van der Waals surface area contributed by atoms with Crippen LogP contribution in [-0.4, -0.2) is 21.1 Å². The maximum absolute atomic E-state index is 12.0. The van der Waals surface area contributed by atoms with Crippen LogP contribution in [0.2, 0.25) is 0 Å². The molecule has 100 valence electrons. The molecule has 0 aliphatic heterocycles. The van der Waals surface area contributed by atoms with Crippen molar-refractivity contribution < 1.29 is 4.79 Å². The van der Waals surface area contributed by atoms with Crippen LogP contribution in [-0.2, 0) is 17.8 Å². The van der Waals surface area contributed by atoms with E-state index >= 15 is 0 Å². The highest BCUT2D eigenvalue weighted by Crippen LogP contribution is 2.27. The third-order valence-corrected chi connectivity index (χ3v) is 4.81. The number of hydrogen-bond acceptors (Lipinski definition) is 3. The summed E-state index contributed by atoms with van der Waals surface area (Å²) in [4.78, 5) is 17.3. The first-order valence-corrected chi connectivity index (χ1v) is 7.87. The summed E-state index contributed by atoms with van der Waals surface area (Å²) >= 11 is 5.04. The Labute approximate surface area is 125 Å². The Balaban J connectivity index is 1.90. The van der Waals surface area contributed by atoms with Gasteiger partial charge in [0.25, 0.3) is 0 Å². The first-order valence-electron chi connectivity index (χ1n) is 6.09. The number of rotatable bonds is 6. The van der Waals surface area contributed by atoms with Gasteiger partial charge in [-0.2, -0.15) is 0 Å². The summed E-state index contributed by atoms with van der Waals surface area (Å²) in [5, 5.41) is 0. The van der Waals surface area contributed by atoms with Crippen LogP contribution in [0.3, 0.4) is 0 Å². The van der Waals surface area contributed by atoms with Crippen LogP contribution in [0.15, 0.2) is 46.0 Å². The topological polar surface area (TPSA) is 34.9 Å². The van der Waals surface area contributed by atoms with Crippen LogP contribution >= 0.6 is 27.7 Å². The molecule has 0 spiro atoms. The number of aryl methyl sites for hydroxylation is 1. The number of carbonyl (C=O) groups is 1. The van der Waals surface area contributed by atoms with Gasteiger partial charge < -0.3 is 4.57 Å². The number of aromatic nitrogens is 2. The molecule has 2 aromatic rings. The molecule has 0 amide bonds. The van der Waals surface area contributed by atoms with Gasteiger partial charge in [0.2, 0.25) is 0 Å². The smallest absolute Gasteiger partial charge is 0.150 e. The fourth-order valence-electron chi connectivity index (χ4n) is 1.74. The van der Waals surface area contributed by atoms with E-state index in [9.17, 15) is 4.79 Å². The minimum atomic E-state index is 0.196.